The molecule has 0 spiro atoms. The normalized spacial score (nSPS) is 13.4. The standard InChI is InChI=1S/C10H22N2O3S/c1-3-4-9(7-8-11)5-6-10(13)12-16(2,14)15/h9H,3-8,11H2,1-2H3,(H,12,13). The Bertz CT molecular complexity index is 295. The fourth-order valence-electron chi connectivity index (χ4n) is 1.67. The molecule has 0 fully saturated rings. The van der Waals surface area contributed by atoms with E-state index in [4.69, 9.17) is 5.73 Å². The monoisotopic (exact) mass is 250 g/mol. The predicted molar refractivity (Wildman–Crippen MR) is 64.3 cm³/mol. The summed E-state index contributed by atoms with van der Waals surface area (Å²) in [5.74, 6) is -0.0130. The van der Waals surface area contributed by atoms with Crippen LogP contribution >= 0.6 is 0 Å². The van der Waals surface area contributed by atoms with Gasteiger partial charge in [-0.2, -0.15) is 0 Å². The molecule has 0 aromatic heterocycles. The molecule has 1 unspecified atom stereocenters. The Kier molecular flexibility index (Phi) is 7.33. The number of nitrogens with one attached hydrogen (secondary N) is 1. The van der Waals surface area contributed by atoms with Crippen LogP contribution in [0.25, 0.3) is 0 Å². The fourth-order valence-corrected chi connectivity index (χ4v) is 2.19. The number of amides is 1. The molecule has 0 aromatic rings. The van der Waals surface area contributed by atoms with Crippen LogP contribution in [-0.2, 0) is 14.8 Å². The van der Waals surface area contributed by atoms with E-state index in [9.17, 15) is 13.2 Å². The molecule has 0 saturated heterocycles. The summed E-state index contributed by atoms with van der Waals surface area (Å²) in [5.41, 5.74) is 5.47. The molecule has 0 aromatic carbocycles. The van der Waals surface area contributed by atoms with Gasteiger partial charge in [0.15, 0.2) is 0 Å². The third-order valence-electron chi connectivity index (χ3n) is 2.35. The minimum atomic E-state index is -3.42. The van der Waals surface area contributed by atoms with Crippen molar-refractivity contribution in [2.24, 2.45) is 11.7 Å². The molecule has 0 rings (SSSR count). The molecule has 16 heavy (non-hydrogen) atoms. The molecule has 0 saturated carbocycles. The minimum Gasteiger partial charge on any atom is -0.330 e. The summed E-state index contributed by atoms with van der Waals surface area (Å²) in [5, 5.41) is 0. The molecule has 0 radical (unpaired) electrons. The zero-order valence-corrected chi connectivity index (χ0v) is 10.8. The fraction of sp³-hybridized carbons (Fsp3) is 0.900. The lowest BCUT2D eigenvalue weighted by Gasteiger charge is -2.14. The number of sulfonamides is 1. The summed E-state index contributed by atoms with van der Waals surface area (Å²) in [4.78, 5) is 11.3. The van der Waals surface area contributed by atoms with Crippen LogP contribution < -0.4 is 10.5 Å². The van der Waals surface area contributed by atoms with E-state index in [0.29, 0.717) is 18.9 Å². The van der Waals surface area contributed by atoms with Crippen molar-refractivity contribution in [3.63, 3.8) is 0 Å². The van der Waals surface area contributed by atoms with Crippen molar-refractivity contribution in [2.75, 3.05) is 12.8 Å². The molecule has 3 N–H and O–H groups in total. The van der Waals surface area contributed by atoms with Crippen LogP contribution in [0, 0.1) is 5.92 Å². The smallest absolute Gasteiger partial charge is 0.233 e. The zero-order valence-electron chi connectivity index (χ0n) is 10.0. The largest absolute Gasteiger partial charge is 0.330 e. The van der Waals surface area contributed by atoms with E-state index >= 15 is 0 Å². The first-order valence-electron chi connectivity index (χ1n) is 5.59. The van der Waals surface area contributed by atoms with Crippen molar-refractivity contribution in [2.45, 2.75) is 39.0 Å². The summed E-state index contributed by atoms with van der Waals surface area (Å²) in [6, 6.07) is 0. The number of rotatable bonds is 8. The molecular weight excluding hydrogens is 228 g/mol. The van der Waals surface area contributed by atoms with Crippen LogP contribution in [0.4, 0.5) is 0 Å². The van der Waals surface area contributed by atoms with Crippen molar-refractivity contribution < 1.29 is 13.2 Å². The Morgan fingerprint density at radius 1 is 1.31 bits per heavy atom. The maximum absolute atomic E-state index is 11.3. The average molecular weight is 250 g/mol. The zero-order chi connectivity index (χ0) is 12.6. The number of hydrogen-bond acceptors (Lipinski definition) is 4. The minimum absolute atomic E-state index is 0.248. The molecule has 0 aliphatic heterocycles. The third-order valence-corrected chi connectivity index (χ3v) is 2.95. The van der Waals surface area contributed by atoms with E-state index < -0.39 is 15.9 Å². The van der Waals surface area contributed by atoms with Gasteiger partial charge in [-0.05, 0) is 25.3 Å². The highest BCUT2D eigenvalue weighted by atomic mass is 32.2. The number of carbonyl (C=O) groups is 1. The van der Waals surface area contributed by atoms with Gasteiger partial charge in [0.25, 0.3) is 0 Å². The van der Waals surface area contributed by atoms with E-state index in [0.717, 1.165) is 25.5 Å². The molecule has 0 bridgehead atoms. The molecule has 0 heterocycles. The summed E-state index contributed by atoms with van der Waals surface area (Å²) in [6.07, 6.45) is 4.90. The van der Waals surface area contributed by atoms with Gasteiger partial charge in [0.1, 0.15) is 0 Å². The Morgan fingerprint density at radius 2 is 1.94 bits per heavy atom. The Hall–Kier alpha value is -0.620. The van der Waals surface area contributed by atoms with Gasteiger partial charge in [0, 0.05) is 6.42 Å². The second-order valence-corrected chi connectivity index (χ2v) is 5.82. The highest BCUT2D eigenvalue weighted by Crippen LogP contribution is 2.16. The molecule has 0 aliphatic rings. The first-order valence-corrected chi connectivity index (χ1v) is 7.48. The lowest BCUT2D eigenvalue weighted by Crippen LogP contribution is -2.29. The molecule has 5 nitrogen and oxygen atoms in total. The van der Waals surface area contributed by atoms with Crippen molar-refractivity contribution in [3.8, 4) is 0 Å². The first-order chi connectivity index (χ1) is 7.39. The molecule has 1 atom stereocenters. The summed E-state index contributed by atoms with van der Waals surface area (Å²) < 4.78 is 23.5. The number of hydrogen-bond donors (Lipinski definition) is 2. The van der Waals surface area contributed by atoms with Gasteiger partial charge >= 0.3 is 0 Å². The van der Waals surface area contributed by atoms with Gasteiger partial charge in [0.05, 0.1) is 6.26 Å². The number of carbonyl (C=O) groups excluding carboxylic acids is 1. The Morgan fingerprint density at radius 3 is 2.38 bits per heavy atom. The van der Waals surface area contributed by atoms with E-state index in [1.54, 1.807) is 0 Å². The van der Waals surface area contributed by atoms with Crippen molar-refractivity contribution in [1.29, 1.82) is 0 Å². The highest BCUT2D eigenvalue weighted by Gasteiger charge is 2.12. The van der Waals surface area contributed by atoms with Crippen LogP contribution in [0.2, 0.25) is 0 Å². The predicted octanol–water partition coefficient (Wildman–Crippen LogP) is 0.608. The second kappa shape index (κ2) is 7.62. The quantitative estimate of drug-likeness (QED) is 0.660. The van der Waals surface area contributed by atoms with Crippen LogP contribution in [0.3, 0.4) is 0 Å². The molecule has 6 heteroatoms. The van der Waals surface area contributed by atoms with Crippen molar-refractivity contribution >= 4 is 15.9 Å². The van der Waals surface area contributed by atoms with Crippen molar-refractivity contribution in [3.05, 3.63) is 0 Å². The SMILES string of the molecule is CCCC(CCN)CCC(=O)NS(C)(=O)=O. The summed E-state index contributed by atoms with van der Waals surface area (Å²) >= 11 is 0. The molecular formula is C10H22N2O3S. The van der Waals surface area contributed by atoms with Gasteiger partial charge in [-0.1, -0.05) is 19.8 Å². The maximum Gasteiger partial charge on any atom is 0.233 e. The van der Waals surface area contributed by atoms with Gasteiger partial charge in [-0.3, -0.25) is 9.52 Å². The molecule has 1 amide bonds. The summed E-state index contributed by atoms with van der Waals surface area (Å²) in [7, 11) is -3.42. The third kappa shape index (κ3) is 8.67. The lowest BCUT2D eigenvalue weighted by molar-refractivity contribution is -0.119. The Balaban J connectivity index is 3.95. The van der Waals surface area contributed by atoms with Crippen LogP contribution in [0.5, 0.6) is 0 Å². The van der Waals surface area contributed by atoms with E-state index in [1.807, 2.05) is 4.72 Å². The van der Waals surface area contributed by atoms with E-state index in [1.165, 1.54) is 0 Å². The van der Waals surface area contributed by atoms with E-state index in [2.05, 4.69) is 6.92 Å². The van der Waals surface area contributed by atoms with Crippen LogP contribution in [-0.4, -0.2) is 27.1 Å². The van der Waals surface area contributed by atoms with Gasteiger partial charge in [-0.25, -0.2) is 8.42 Å². The molecule has 96 valence electrons. The second-order valence-electron chi connectivity index (χ2n) is 4.07. The van der Waals surface area contributed by atoms with Gasteiger partial charge in [-0.15, -0.1) is 0 Å². The number of nitrogens with two attached hydrogens (primary N) is 1. The molecule has 0 aliphatic carbocycles. The van der Waals surface area contributed by atoms with E-state index in [-0.39, 0.29) is 6.42 Å². The first kappa shape index (κ1) is 15.4. The highest BCUT2D eigenvalue weighted by molar-refractivity contribution is 7.89. The van der Waals surface area contributed by atoms with Crippen molar-refractivity contribution in [1.82, 2.24) is 4.72 Å². The average Bonchev–Trinajstić information content (AvgIpc) is 2.12. The summed E-state index contributed by atoms with van der Waals surface area (Å²) in [6.45, 7) is 2.69. The van der Waals surface area contributed by atoms with Crippen LogP contribution in [0.1, 0.15) is 39.0 Å². The lowest BCUT2D eigenvalue weighted by atomic mass is 9.94. The Labute approximate surface area is 97.8 Å². The van der Waals surface area contributed by atoms with Gasteiger partial charge < -0.3 is 5.73 Å². The topological polar surface area (TPSA) is 89.3 Å². The van der Waals surface area contributed by atoms with Crippen LogP contribution in [0.15, 0.2) is 0 Å². The van der Waals surface area contributed by atoms with Gasteiger partial charge in [0.2, 0.25) is 15.9 Å². The maximum atomic E-state index is 11.3.